The third-order valence-electron chi connectivity index (χ3n) is 3.68. The average molecular weight is 298 g/mol. The van der Waals surface area contributed by atoms with E-state index >= 15 is 0 Å². The lowest BCUT2D eigenvalue weighted by atomic mass is 10.0. The van der Waals surface area contributed by atoms with Crippen LogP contribution in [0, 0.1) is 17.0 Å². The molecule has 22 heavy (non-hydrogen) atoms. The number of aromatic nitrogens is 2. The second kappa shape index (κ2) is 5.51. The van der Waals surface area contributed by atoms with Gasteiger partial charge in [0.15, 0.2) is 0 Å². The zero-order valence-corrected chi connectivity index (χ0v) is 12.0. The highest BCUT2D eigenvalue weighted by Crippen LogP contribution is 2.22. The summed E-state index contributed by atoms with van der Waals surface area (Å²) in [7, 11) is 0. The maximum absolute atomic E-state index is 12.5. The van der Waals surface area contributed by atoms with Crippen LogP contribution >= 0.6 is 0 Å². The molecule has 0 aromatic carbocycles. The normalized spacial score (nSPS) is 13.6. The topological polar surface area (TPSA) is 89.2 Å². The van der Waals surface area contributed by atoms with Gasteiger partial charge in [-0.3, -0.25) is 24.9 Å². The lowest BCUT2D eigenvalue weighted by Gasteiger charge is -2.28. The predicted molar refractivity (Wildman–Crippen MR) is 78.3 cm³/mol. The van der Waals surface area contributed by atoms with E-state index in [4.69, 9.17) is 0 Å². The summed E-state index contributed by atoms with van der Waals surface area (Å²) in [4.78, 5) is 32.8. The Morgan fingerprint density at radius 3 is 2.82 bits per heavy atom. The van der Waals surface area contributed by atoms with Crippen LogP contribution in [0.2, 0.25) is 0 Å². The van der Waals surface area contributed by atoms with Crippen molar-refractivity contribution >= 4 is 11.6 Å². The Kier molecular flexibility index (Phi) is 3.54. The standard InChI is InChI=1S/C15H14N4O3/c1-10-2-3-11(7-16-10)15(20)18-5-4-14-12(9-18)6-13(8-17-14)19(21)22/h2-3,6-8H,4-5,9H2,1H3. The van der Waals surface area contributed by atoms with Gasteiger partial charge in [0, 0.05) is 43.2 Å². The second-order valence-corrected chi connectivity index (χ2v) is 5.22. The molecular weight excluding hydrogens is 284 g/mol. The Labute approximate surface area is 126 Å². The van der Waals surface area contributed by atoms with Crippen LogP contribution in [0.5, 0.6) is 0 Å². The molecular formula is C15H14N4O3. The smallest absolute Gasteiger partial charge is 0.287 e. The fourth-order valence-corrected chi connectivity index (χ4v) is 2.46. The molecule has 0 unspecified atom stereocenters. The van der Waals surface area contributed by atoms with Crippen molar-refractivity contribution in [1.29, 1.82) is 0 Å². The van der Waals surface area contributed by atoms with Gasteiger partial charge in [-0.1, -0.05) is 0 Å². The van der Waals surface area contributed by atoms with Crippen molar-refractivity contribution < 1.29 is 9.72 Å². The Balaban J connectivity index is 1.84. The number of nitrogens with zero attached hydrogens (tertiary/aromatic N) is 4. The monoisotopic (exact) mass is 298 g/mol. The van der Waals surface area contributed by atoms with Crippen molar-refractivity contribution in [2.75, 3.05) is 6.54 Å². The van der Waals surface area contributed by atoms with Gasteiger partial charge >= 0.3 is 0 Å². The summed E-state index contributed by atoms with van der Waals surface area (Å²) in [6, 6.07) is 5.03. The molecule has 0 atom stereocenters. The van der Waals surface area contributed by atoms with Crippen LogP contribution in [0.4, 0.5) is 5.69 Å². The molecule has 1 aliphatic rings. The van der Waals surface area contributed by atoms with Crippen LogP contribution in [-0.4, -0.2) is 32.2 Å². The summed E-state index contributed by atoms with van der Waals surface area (Å²) in [5, 5.41) is 10.8. The largest absolute Gasteiger partial charge is 0.334 e. The third-order valence-corrected chi connectivity index (χ3v) is 3.68. The molecule has 7 heteroatoms. The minimum Gasteiger partial charge on any atom is -0.334 e. The molecule has 0 radical (unpaired) electrons. The number of rotatable bonds is 2. The zero-order valence-electron chi connectivity index (χ0n) is 12.0. The van der Waals surface area contributed by atoms with E-state index in [1.807, 2.05) is 6.92 Å². The summed E-state index contributed by atoms with van der Waals surface area (Å²) < 4.78 is 0. The van der Waals surface area contributed by atoms with Gasteiger partial charge in [0.25, 0.3) is 11.6 Å². The van der Waals surface area contributed by atoms with E-state index < -0.39 is 4.92 Å². The summed E-state index contributed by atoms with van der Waals surface area (Å²) in [6.45, 7) is 2.73. The Hall–Kier alpha value is -2.83. The molecule has 0 saturated heterocycles. The van der Waals surface area contributed by atoms with Gasteiger partial charge in [-0.2, -0.15) is 0 Å². The molecule has 3 rings (SSSR count). The number of hydrogen-bond acceptors (Lipinski definition) is 5. The van der Waals surface area contributed by atoms with Crippen molar-refractivity contribution in [2.24, 2.45) is 0 Å². The number of pyridine rings is 2. The molecule has 3 heterocycles. The first-order valence-electron chi connectivity index (χ1n) is 6.89. The third kappa shape index (κ3) is 2.65. The first kappa shape index (κ1) is 14.1. The zero-order chi connectivity index (χ0) is 15.7. The van der Waals surface area contributed by atoms with Gasteiger partial charge in [0.1, 0.15) is 6.20 Å². The average Bonchev–Trinajstić information content (AvgIpc) is 2.53. The molecule has 0 N–H and O–H groups in total. The highest BCUT2D eigenvalue weighted by atomic mass is 16.6. The molecule has 0 aliphatic carbocycles. The van der Waals surface area contributed by atoms with Crippen molar-refractivity contribution in [3.05, 3.63) is 63.2 Å². The summed E-state index contributed by atoms with van der Waals surface area (Å²) in [6.07, 6.45) is 3.41. The Bertz CT molecular complexity index is 743. The molecule has 1 aliphatic heterocycles. The van der Waals surface area contributed by atoms with Crippen LogP contribution < -0.4 is 0 Å². The van der Waals surface area contributed by atoms with Crippen molar-refractivity contribution in [2.45, 2.75) is 19.9 Å². The van der Waals surface area contributed by atoms with Crippen molar-refractivity contribution in [3.63, 3.8) is 0 Å². The number of carbonyl (C=O) groups excluding carboxylic acids is 1. The van der Waals surface area contributed by atoms with Crippen LogP contribution in [0.15, 0.2) is 30.6 Å². The fourth-order valence-electron chi connectivity index (χ4n) is 2.46. The van der Waals surface area contributed by atoms with E-state index in [0.717, 1.165) is 17.0 Å². The molecule has 0 saturated carbocycles. The molecule has 2 aromatic heterocycles. The predicted octanol–water partition coefficient (Wildman–Crippen LogP) is 1.89. The number of hydrogen-bond donors (Lipinski definition) is 0. The van der Waals surface area contributed by atoms with Crippen LogP contribution in [0.3, 0.4) is 0 Å². The molecule has 0 fully saturated rings. The molecule has 1 amide bonds. The lowest BCUT2D eigenvalue weighted by Crippen LogP contribution is -2.36. The van der Waals surface area contributed by atoms with Gasteiger partial charge in [-0.25, -0.2) is 0 Å². The van der Waals surface area contributed by atoms with Crippen molar-refractivity contribution in [3.8, 4) is 0 Å². The van der Waals surface area contributed by atoms with Gasteiger partial charge < -0.3 is 4.90 Å². The highest BCUT2D eigenvalue weighted by molar-refractivity contribution is 5.94. The van der Waals surface area contributed by atoms with Gasteiger partial charge in [0.2, 0.25) is 0 Å². The van der Waals surface area contributed by atoms with Crippen LogP contribution in [-0.2, 0) is 13.0 Å². The minimum atomic E-state index is -0.474. The van der Waals surface area contributed by atoms with E-state index in [1.165, 1.54) is 12.3 Å². The summed E-state index contributed by atoms with van der Waals surface area (Å²) in [5.41, 5.74) is 2.86. The first-order chi connectivity index (χ1) is 10.5. The van der Waals surface area contributed by atoms with E-state index in [9.17, 15) is 14.9 Å². The van der Waals surface area contributed by atoms with Crippen LogP contribution in [0.25, 0.3) is 0 Å². The Morgan fingerprint density at radius 1 is 1.32 bits per heavy atom. The number of fused-ring (bicyclic) bond motifs is 1. The molecule has 0 bridgehead atoms. The van der Waals surface area contributed by atoms with Crippen molar-refractivity contribution in [1.82, 2.24) is 14.9 Å². The van der Waals surface area contributed by atoms with E-state index in [1.54, 1.807) is 23.2 Å². The molecule has 112 valence electrons. The Morgan fingerprint density at radius 2 is 2.14 bits per heavy atom. The number of carbonyl (C=O) groups is 1. The lowest BCUT2D eigenvalue weighted by molar-refractivity contribution is -0.385. The number of amides is 1. The van der Waals surface area contributed by atoms with Crippen LogP contribution in [0.1, 0.15) is 27.3 Å². The number of aryl methyl sites for hydroxylation is 1. The first-order valence-corrected chi connectivity index (χ1v) is 6.89. The molecule has 2 aromatic rings. The molecule has 0 spiro atoms. The minimum absolute atomic E-state index is 0.0509. The molecule has 7 nitrogen and oxygen atoms in total. The highest BCUT2D eigenvalue weighted by Gasteiger charge is 2.24. The van der Waals surface area contributed by atoms with Gasteiger partial charge in [-0.15, -0.1) is 0 Å². The van der Waals surface area contributed by atoms with Gasteiger partial charge in [0.05, 0.1) is 10.5 Å². The quantitative estimate of drug-likeness (QED) is 0.624. The SMILES string of the molecule is Cc1ccc(C(=O)N2CCc3ncc([N+](=O)[O-])cc3C2)cn1. The fraction of sp³-hybridized carbons (Fsp3) is 0.267. The van der Waals surface area contributed by atoms with E-state index in [-0.39, 0.29) is 11.6 Å². The van der Waals surface area contributed by atoms with E-state index in [2.05, 4.69) is 9.97 Å². The van der Waals surface area contributed by atoms with Gasteiger partial charge in [-0.05, 0) is 24.6 Å². The van der Waals surface area contributed by atoms with E-state index in [0.29, 0.717) is 25.1 Å². The maximum Gasteiger partial charge on any atom is 0.287 e. The summed E-state index contributed by atoms with van der Waals surface area (Å²) in [5.74, 6) is -0.121. The maximum atomic E-state index is 12.5. The number of nitro groups is 1. The summed E-state index contributed by atoms with van der Waals surface area (Å²) >= 11 is 0. The second-order valence-electron chi connectivity index (χ2n) is 5.22.